The molecule has 0 aliphatic carbocycles. The normalized spacial score (nSPS) is 20.5. The fourth-order valence-corrected chi connectivity index (χ4v) is 5.75. The molecule has 1 atom stereocenters. The van der Waals surface area contributed by atoms with Crippen molar-refractivity contribution in [3.8, 4) is 0 Å². The Labute approximate surface area is 132 Å². The zero-order valence-electron chi connectivity index (χ0n) is 13.3. The largest absolute Gasteiger partial charge is 0.310 e. The average molecular weight is 331 g/mol. The molecule has 2 heterocycles. The Balaban J connectivity index is 2.17. The molecule has 4 nitrogen and oxygen atoms in total. The van der Waals surface area contributed by atoms with Crippen LogP contribution in [0.3, 0.4) is 0 Å². The molecule has 0 radical (unpaired) electrons. The van der Waals surface area contributed by atoms with Crippen molar-refractivity contribution < 1.29 is 8.42 Å². The van der Waals surface area contributed by atoms with E-state index in [1.165, 1.54) is 0 Å². The molecule has 2 rings (SSSR count). The predicted molar refractivity (Wildman–Crippen MR) is 88.2 cm³/mol. The number of nitrogens with zero attached hydrogens (tertiary/aromatic N) is 1. The van der Waals surface area contributed by atoms with Gasteiger partial charge < -0.3 is 5.32 Å². The minimum Gasteiger partial charge on any atom is -0.310 e. The molecule has 0 spiro atoms. The molecule has 0 saturated carbocycles. The van der Waals surface area contributed by atoms with Gasteiger partial charge in [-0.3, -0.25) is 0 Å². The Morgan fingerprint density at radius 2 is 2.19 bits per heavy atom. The Morgan fingerprint density at radius 3 is 2.76 bits per heavy atom. The van der Waals surface area contributed by atoms with Crippen molar-refractivity contribution in [2.24, 2.45) is 5.92 Å². The highest BCUT2D eigenvalue weighted by Gasteiger charge is 2.33. The molecular formula is C15H26N2O2S2. The molecule has 1 aromatic rings. The zero-order chi connectivity index (χ0) is 15.6. The summed E-state index contributed by atoms with van der Waals surface area (Å²) in [5, 5.41) is 3.34. The molecule has 1 fully saturated rings. The molecule has 120 valence electrons. The topological polar surface area (TPSA) is 49.4 Å². The lowest BCUT2D eigenvalue weighted by atomic mass is 10.1. The summed E-state index contributed by atoms with van der Waals surface area (Å²) >= 11 is 1.58. The minimum atomic E-state index is -3.31. The van der Waals surface area contributed by atoms with E-state index in [0.29, 0.717) is 29.9 Å². The molecule has 1 aromatic heterocycles. The van der Waals surface area contributed by atoms with Crippen LogP contribution < -0.4 is 5.32 Å². The first-order valence-electron chi connectivity index (χ1n) is 7.67. The van der Waals surface area contributed by atoms with Crippen molar-refractivity contribution in [1.82, 2.24) is 9.62 Å². The van der Waals surface area contributed by atoms with E-state index in [9.17, 15) is 8.42 Å². The van der Waals surface area contributed by atoms with Crippen LogP contribution in [0.2, 0.25) is 0 Å². The Morgan fingerprint density at radius 1 is 1.48 bits per heavy atom. The van der Waals surface area contributed by atoms with Gasteiger partial charge in [-0.2, -0.15) is 4.31 Å². The number of thiophene rings is 1. The predicted octanol–water partition coefficient (Wildman–Crippen LogP) is 2.98. The number of nitrogens with one attached hydrogen (secondary N) is 1. The third-order valence-corrected chi connectivity index (χ3v) is 7.22. The highest BCUT2D eigenvalue weighted by atomic mass is 32.2. The van der Waals surface area contributed by atoms with Gasteiger partial charge in [-0.05, 0) is 25.3 Å². The summed E-state index contributed by atoms with van der Waals surface area (Å²) < 4.78 is 27.2. The molecule has 0 bridgehead atoms. The van der Waals surface area contributed by atoms with Crippen molar-refractivity contribution in [2.75, 3.05) is 13.1 Å². The van der Waals surface area contributed by atoms with E-state index in [2.05, 4.69) is 26.1 Å². The Bertz CT molecular complexity index is 578. The van der Waals surface area contributed by atoms with Crippen molar-refractivity contribution in [3.63, 3.8) is 0 Å². The summed E-state index contributed by atoms with van der Waals surface area (Å²) in [4.78, 5) is 2.49. The molecule has 6 heteroatoms. The van der Waals surface area contributed by atoms with Crippen LogP contribution in [0, 0.1) is 12.8 Å². The fraction of sp³-hybridized carbons (Fsp3) is 0.733. The number of hydrogen-bond donors (Lipinski definition) is 1. The van der Waals surface area contributed by atoms with Crippen LogP contribution in [-0.2, 0) is 16.6 Å². The van der Waals surface area contributed by atoms with Gasteiger partial charge in [0.25, 0.3) is 0 Å². The van der Waals surface area contributed by atoms with Gasteiger partial charge >= 0.3 is 0 Å². The van der Waals surface area contributed by atoms with Crippen LogP contribution in [0.15, 0.2) is 11.0 Å². The number of sulfonamides is 1. The second-order valence-electron chi connectivity index (χ2n) is 6.09. The zero-order valence-corrected chi connectivity index (χ0v) is 15.0. The van der Waals surface area contributed by atoms with Gasteiger partial charge in [-0.15, -0.1) is 11.3 Å². The minimum absolute atomic E-state index is 0.399. The number of hydrogen-bond acceptors (Lipinski definition) is 4. The van der Waals surface area contributed by atoms with Gasteiger partial charge in [0.05, 0.1) is 4.90 Å². The van der Waals surface area contributed by atoms with E-state index in [0.717, 1.165) is 29.1 Å². The number of rotatable bonds is 6. The third-order valence-electron chi connectivity index (χ3n) is 4.05. The first-order valence-corrected chi connectivity index (χ1v) is 9.93. The van der Waals surface area contributed by atoms with Crippen molar-refractivity contribution in [2.45, 2.75) is 58.0 Å². The van der Waals surface area contributed by atoms with Gasteiger partial charge in [-0.25, -0.2) is 8.42 Å². The second-order valence-corrected chi connectivity index (χ2v) is 9.34. The highest BCUT2D eigenvalue weighted by molar-refractivity contribution is 7.89. The summed E-state index contributed by atoms with van der Waals surface area (Å²) in [7, 11) is -3.31. The van der Waals surface area contributed by atoms with E-state index >= 15 is 0 Å². The summed E-state index contributed by atoms with van der Waals surface area (Å²) in [6, 6.07) is 2.25. The van der Waals surface area contributed by atoms with E-state index in [4.69, 9.17) is 0 Å². The number of aryl methyl sites for hydroxylation is 1. The first kappa shape index (κ1) is 16.9. The first-order chi connectivity index (χ1) is 9.84. The van der Waals surface area contributed by atoms with Crippen molar-refractivity contribution in [3.05, 3.63) is 15.8 Å². The molecule has 21 heavy (non-hydrogen) atoms. The van der Waals surface area contributed by atoms with Crippen LogP contribution in [0.4, 0.5) is 0 Å². The van der Waals surface area contributed by atoms with Crippen molar-refractivity contribution >= 4 is 21.4 Å². The molecule has 0 aromatic carbocycles. The monoisotopic (exact) mass is 330 g/mol. The molecule has 1 unspecified atom stereocenters. The van der Waals surface area contributed by atoms with Gasteiger partial charge in [0.1, 0.15) is 0 Å². The maximum Gasteiger partial charge on any atom is 0.244 e. The van der Waals surface area contributed by atoms with Crippen LogP contribution in [0.1, 0.15) is 43.4 Å². The van der Waals surface area contributed by atoms with Gasteiger partial charge in [-0.1, -0.05) is 27.2 Å². The lowest BCUT2D eigenvalue weighted by Crippen LogP contribution is -2.29. The molecular weight excluding hydrogens is 304 g/mol. The van der Waals surface area contributed by atoms with Crippen LogP contribution in [0.5, 0.6) is 0 Å². The SMILES string of the molecule is CCC1CCN(S(=O)(=O)c2cc(CNC(C)C)sc2C)C1. The second kappa shape index (κ2) is 6.77. The van der Waals surface area contributed by atoms with Gasteiger partial charge in [0.15, 0.2) is 0 Å². The molecule has 1 aliphatic rings. The molecule has 1 aliphatic heterocycles. The van der Waals surface area contributed by atoms with E-state index in [1.807, 2.05) is 13.0 Å². The molecule has 1 saturated heterocycles. The van der Waals surface area contributed by atoms with Crippen LogP contribution in [-0.4, -0.2) is 31.9 Å². The lowest BCUT2D eigenvalue weighted by Gasteiger charge is -2.16. The van der Waals surface area contributed by atoms with E-state index in [-0.39, 0.29) is 0 Å². The fourth-order valence-electron chi connectivity index (χ4n) is 2.66. The summed E-state index contributed by atoms with van der Waals surface area (Å²) in [5.41, 5.74) is 0. The molecule has 1 N–H and O–H groups in total. The Kier molecular flexibility index (Phi) is 5.46. The highest BCUT2D eigenvalue weighted by Crippen LogP contribution is 2.31. The summed E-state index contributed by atoms with van der Waals surface area (Å²) in [6.07, 6.45) is 2.04. The standard InChI is InChI=1S/C15H26N2O2S2/c1-5-13-6-7-17(10-13)21(18,19)15-8-14(20-12(15)4)9-16-11(2)3/h8,11,13,16H,5-7,9-10H2,1-4H3. The quantitative estimate of drug-likeness (QED) is 0.872. The average Bonchev–Trinajstić information content (AvgIpc) is 3.03. The van der Waals surface area contributed by atoms with Crippen LogP contribution >= 0.6 is 11.3 Å². The lowest BCUT2D eigenvalue weighted by molar-refractivity contribution is 0.453. The van der Waals surface area contributed by atoms with Gasteiger partial charge in [0.2, 0.25) is 10.0 Å². The van der Waals surface area contributed by atoms with Crippen LogP contribution in [0.25, 0.3) is 0 Å². The summed E-state index contributed by atoms with van der Waals surface area (Å²) in [6.45, 7) is 10.3. The molecule has 0 amide bonds. The third kappa shape index (κ3) is 3.86. The van der Waals surface area contributed by atoms with E-state index in [1.54, 1.807) is 15.6 Å². The maximum absolute atomic E-state index is 12.8. The van der Waals surface area contributed by atoms with Gasteiger partial charge in [0, 0.05) is 35.4 Å². The Hall–Kier alpha value is -0.430. The smallest absolute Gasteiger partial charge is 0.244 e. The summed E-state index contributed by atoms with van der Waals surface area (Å²) in [5.74, 6) is 0.515. The van der Waals surface area contributed by atoms with Crippen molar-refractivity contribution in [1.29, 1.82) is 0 Å². The maximum atomic E-state index is 12.8. The van der Waals surface area contributed by atoms with E-state index < -0.39 is 10.0 Å².